The molecule has 0 aromatic carbocycles. The first-order valence-corrected chi connectivity index (χ1v) is 5.61. The minimum absolute atomic E-state index is 0.111. The first-order valence-electron chi connectivity index (χ1n) is 5.61. The van der Waals surface area contributed by atoms with Crippen LogP contribution in [0, 0.1) is 5.41 Å². The van der Waals surface area contributed by atoms with Gasteiger partial charge in [0, 0.05) is 12.6 Å². The molecule has 3 heteroatoms. The van der Waals surface area contributed by atoms with Crippen LogP contribution in [0.3, 0.4) is 0 Å². The highest BCUT2D eigenvalue weighted by molar-refractivity contribution is 5.83. The number of carbonyl (C=O) groups excluding carboxylic acids is 1. The van der Waals surface area contributed by atoms with Crippen LogP contribution in [0.4, 0.5) is 0 Å². The molecule has 1 amide bonds. The molecule has 80 valence electrons. The molecule has 2 rings (SSSR count). The van der Waals surface area contributed by atoms with Crippen molar-refractivity contribution in [3.8, 4) is 0 Å². The molecular formula is C11H20N2O. The van der Waals surface area contributed by atoms with E-state index in [1.807, 2.05) is 4.90 Å². The Morgan fingerprint density at radius 1 is 1.57 bits per heavy atom. The second-order valence-electron chi connectivity index (χ2n) is 5.15. The van der Waals surface area contributed by atoms with Crippen LogP contribution in [-0.2, 0) is 4.79 Å². The van der Waals surface area contributed by atoms with Gasteiger partial charge in [-0.1, -0.05) is 6.92 Å². The number of hydrogen-bond acceptors (Lipinski definition) is 2. The monoisotopic (exact) mass is 196 g/mol. The minimum atomic E-state index is -0.261. The first-order chi connectivity index (χ1) is 6.54. The summed E-state index contributed by atoms with van der Waals surface area (Å²) in [5.74, 6) is 0.176. The fraction of sp³-hybridized carbons (Fsp3) is 0.909. The van der Waals surface area contributed by atoms with Crippen LogP contribution in [0.5, 0.6) is 0 Å². The SMILES string of the molecule is CC1CCCN1C(=O)C(N)C1(C)CC1. The molecule has 0 aromatic heterocycles. The van der Waals surface area contributed by atoms with Crippen LogP contribution in [0.25, 0.3) is 0 Å². The molecule has 2 fully saturated rings. The highest BCUT2D eigenvalue weighted by Crippen LogP contribution is 2.48. The molecule has 2 unspecified atom stereocenters. The Balaban J connectivity index is 2.00. The Morgan fingerprint density at radius 2 is 2.21 bits per heavy atom. The summed E-state index contributed by atoms with van der Waals surface area (Å²) in [5, 5.41) is 0. The van der Waals surface area contributed by atoms with Crippen molar-refractivity contribution in [2.45, 2.75) is 51.6 Å². The molecule has 3 nitrogen and oxygen atoms in total. The second kappa shape index (κ2) is 3.23. The largest absolute Gasteiger partial charge is 0.339 e. The van der Waals surface area contributed by atoms with Gasteiger partial charge in [-0.15, -0.1) is 0 Å². The van der Waals surface area contributed by atoms with Gasteiger partial charge in [-0.2, -0.15) is 0 Å². The molecule has 0 radical (unpaired) electrons. The van der Waals surface area contributed by atoms with Crippen molar-refractivity contribution in [1.29, 1.82) is 0 Å². The van der Waals surface area contributed by atoms with Crippen molar-refractivity contribution < 1.29 is 4.79 Å². The van der Waals surface area contributed by atoms with Gasteiger partial charge in [0.05, 0.1) is 6.04 Å². The molecule has 1 aliphatic heterocycles. The van der Waals surface area contributed by atoms with Gasteiger partial charge in [-0.05, 0) is 38.0 Å². The van der Waals surface area contributed by atoms with Gasteiger partial charge < -0.3 is 10.6 Å². The van der Waals surface area contributed by atoms with Crippen LogP contribution < -0.4 is 5.73 Å². The molecular weight excluding hydrogens is 176 g/mol. The Kier molecular flexibility index (Phi) is 2.30. The van der Waals surface area contributed by atoms with E-state index in [9.17, 15) is 4.79 Å². The highest BCUT2D eigenvalue weighted by atomic mass is 16.2. The summed E-state index contributed by atoms with van der Waals surface area (Å²) in [7, 11) is 0. The lowest BCUT2D eigenvalue weighted by Gasteiger charge is -2.27. The molecule has 1 saturated carbocycles. The van der Waals surface area contributed by atoms with Gasteiger partial charge in [0.2, 0.25) is 5.91 Å². The number of likely N-dealkylation sites (tertiary alicyclic amines) is 1. The molecule has 0 aromatic rings. The third-order valence-electron chi connectivity index (χ3n) is 3.89. The van der Waals surface area contributed by atoms with Crippen LogP contribution in [0.2, 0.25) is 0 Å². The molecule has 0 bridgehead atoms. The van der Waals surface area contributed by atoms with E-state index in [1.165, 1.54) is 0 Å². The van der Waals surface area contributed by atoms with Crippen molar-refractivity contribution in [3.63, 3.8) is 0 Å². The highest BCUT2D eigenvalue weighted by Gasteiger charge is 2.48. The lowest BCUT2D eigenvalue weighted by atomic mass is 9.98. The summed E-state index contributed by atoms with van der Waals surface area (Å²) in [6.45, 7) is 5.15. The van der Waals surface area contributed by atoms with Crippen LogP contribution >= 0.6 is 0 Å². The van der Waals surface area contributed by atoms with Crippen LogP contribution in [0.1, 0.15) is 39.5 Å². The van der Waals surface area contributed by atoms with Crippen molar-refractivity contribution in [3.05, 3.63) is 0 Å². The Hall–Kier alpha value is -0.570. The molecule has 2 N–H and O–H groups in total. The van der Waals surface area contributed by atoms with Gasteiger partial charge >= 0.3 is 0 Å². The molecule has 0 spiro atoms. The van der Waals surface area contributed by atoms with Gasteiger partial charge in [0.15, 0.2) is 0 Å². The predicted molar refractivity (Wildman–Crippen MR) is 55.7 cm³/mol. The Labute approximate surface area is 85.6 Å². The van der Waals surface area contributed by atoms with E-state index in [4.69, 9.17) is 5.73 Å². The standard InChI is InChI=1S/C11H20N2O/c1-8-4-3-7-13(8)10(14)9(12)11(2)5-6-11/h8-9H,3-7,12H2,1-2H3. The van der Waals surface area contributed by atoms with E-state index in [0.717, 1.165) is 32.2 Å². The van der Waals surface area contributed by atoms with Crippen LogP contribution in [0.15, 0.2) is 0 Å². The molecule has 1 aliphatic carbocycles. The average molecular weight is 196 g/mol. The zero-order valence-electron chi connectivity index (χ0n) is 9.12. The second-order valence-corrected chi connectivity index (χ2v) is 5.15. The maximum Gasteiger partial charge on any atom is 0.240 e. The number of rotatable bonds is 2. The predicted octanol–water partition coefficient (Wildman–Crippen LogP) is 1.12. The Morgan fingerprint density at radius 3 is 2.64 bits per heavy atom. The fourth-order valence-corrected chi connectivity index (χ4v) is 2.25. The van der Waals surface area contributed by atoms with Gasteiger partial charge in [-0.25, -0.2) is 0 Å². The minimum Gasteiger partial charge on any atom is -0.339 e. The van der Waals surface area contributed by atoms with Gasteiger partial charge in [0.1, 0.15) is 0 Å². The van der Waals surface area contributed by atoms with Crippen molar-refractivity contribution in [1.82, 2.24) is 4.90 Å². The van der Waals surface area contributed by atoms with E-state index in [0.29, 0.717) is 6.04 Å². The van der Waals surface area contributed by atoms with Gasteiger partial charge in [-0.3, -0.25) is 4.79 Å². The lowest BCUT2D eigenvalue weighted by Crippen LogP contribution is -2.49. The van der Waals surface area contributed by atoms with Crippen LogP contribution in [-0.4, -0.2) is 29.4 Å². The van der Waals surface area contributed by atoms with Crippen molar-refractivity contribution in [2.24, 2.45) is 11.1 Å². The summed E-state index contributed by atoms with van der Waals surface area (Å²) < 4.78 is 0. The zero-order valence-corrected chi connectivity index (χ0v) is 9.12. The fourth-order valence-electron chi connectivity index (χ4n) is 2.25. The number of nitrogens with zero attached hydrogens (tertiary/aromatic N) is 1. The third-order valence-corrected chi connectivity index (χ3v) is 3.89. The van der Waals surface area contributed by atoms with Crippen molar-refractivity contribution >= 4 is 5.91 Å². The molecule has 2 aliphatic rings. The topological polar surface area (TPSA) is 46.3 Å². The molecule has 2 atom stereocenters. The van der Waals surface area contributed by atoms with E-state index < -0.39 is 0 Å². The van der Waals surface area contributed by atoms with E-state index >= 15 is 0 Å². The number of nitrogens with two attached hydrogens (primary N) is 1. The zero-order chi connectivity index (χ0) is 10.3. The quantitative estimate of drug-likeness (QED) is 0.719. The molecule has 14 heavy (non-hydrogen) atoms. The Bertz CT molecular complexity index is 244. The summed E-state index contributed by atoms with van der Waals surface area (Å²) in [5.41, 5.74) is 6.12. The average Bonchev–Trinajstić information content (AvgIpc) is 2.75. The number of amides is 1. The van der Waals surface area contributed by atoms with Gasteiger partial charge in [0.25, 0.3) is 0 Å². The number of carbonyl (C=O) groups is 1. The molecule has 1 saturated heterocycles. The van der Waals surface area contributed by atoms with E-state index in [-0.39, 0.29) is 17.4 Å². The maximum atomic E-state index is 12.0. The van der Waals surface area contributed by atoms with E-state index in [1.54, 1.807) is 0 Å². The summed E-state index contributed by atoms with van der Waals surface area (Å²) in [4.78, 5) is 14.0. The number of hydrogen-bond donors (Lipinski definition) is 1. The lowest BCUT2D eigenvalue weighted by molar-refractivity contribution is -0.134. The first kappa shape index (κ1) is 9.97. The summed E-state index contributed by atoms with van der Waals surface area (Å²) in [6.07, 6.45) is 4.50. The molecule has 1 heterocycles. The maximum absolute atomic E-state index is 12.0. The summed E-state index contributed by atoms with van der Waals surface area (Å²) in [6, 6.07) is 0.138. The normalized spacial score (nSPS) is 31.6. The third kappa shape index (κ3) is 1.54. The summed E-state index contributed by atoms with van der Waals surface area (Å²) >= 11 is 0. The smallest absolute Gasteiger partial charge is 0.240 e. The van der Waals surface area contributed by atoms with E-state index in [2.05, 4.69) is 13.8 Å². The van der Waals surface area contributed by atoms with Crippen molar-refractivity contribution in [2.75, 3.05) is 6.54 Å².